The van der Waals surface area contributed by atoms with Gasteiger partial charge < -0.3 is 14.2 Å². The molecule has 1 atom stereocenters. The molecule has 0 saturated heterocycles. The minimum atomic E-state index is -0.782. The topological polar surface area (TPSA) is 78.9 Å². The number of ether oxygens (including phenoxy) is 3. The van der Waals surface area contributed by atoms with E-state index in [0.29, 0.717) is 19.3 Å². The predicted octanol–water partition coefficient (Wildman–Crippen LogP) is 22.2. The van der Waals surface area contributed by atoms with Crippen LogP contribution < -0.4 is 0 Å². The molecular weight excluding hydrogens is 913 g/mol. The second kappa shape index (κ2) is 62.9. The van der Waals surface area contributed by atoms with Gasteiger partial charge in [0.25, 0.3) is 0 Å². The third-order valence-electron chi connectivity index (χ3n) is 14.5. The number of carbonyl (C=O) groups excluding carboxylic acids is 3. The Morgan fingerprint density at radius 3 is 0.851 bits per heavy atom. The third kappa shape index (κ3) is 60.2. The van der Waals surface area contributed by atoms with Crippen LogP contribution in [0, 0.1) is 0 Å². The summed E-state index contributed by atoms with van der Waals surface area (Å²) in [6, 6.07) is 0. The molecule has 0 aliphatic rings. The Hall–Kier alpha value is -2.63. The Labute approximate surface area is 460 Å². The lowest BCUT2D eigenvalue weighted by molar-refractivity contribution is -0.167. The monoisotopic (exact) mass is 1040 g/mol. The smallest absolute Gasteiger partial charge is 0.306 e. The van der Waals surface area contributed by atoms with E-state index in [1.807, 2.05) is 0 Å². The molecule has 0 saturated carbocycles. The van der Waals surface area contributed by atoms with E-state index in [1.165, 1.54) is 212 Å². The van der Waals surface area contributed by atoms with Gasteiger partial charge in [0, 0.05) is 19.3 Å². The fourth-order valence-electron chi connectivity index (χ4n) is 9.63. The molecule has 1 unspecified atom stereocenters. The molecule has 74 heavy (non-hydrogen) atoms. The normalized spacial score (nSPS) is 12.3. The second-order valence-corrected chi connectivity index (χ2v) is 22.0. The molecule has 0 aromatic rings. The van der Waals surface area contributed by atoms with Gasteiger partial charge in [-0.1, -0.05) is 301 Å². The number of rotatable bonds is 60. The Bertz CT molecular complexity index is 1280. The quantitative estimate of drug-likeness (QED) is 0.0261. The van der Waals surface area contributed by atoms with Gasteiger partial charge in [0.1, 0.15) is 13.2 Å². The molecule has 0 aliphatic carbocycles. The lowest BCUT2D eigenvalue weighted by Crippen LogP contribution is -2.30. The zero-order chi connectivity index (χ0) is 53.6. The molecule has 0 aliphatic heterocycles. The number of hydrogen-bond acceptors (Lipinski definition) is 6. The maximum absolute atomic E-state index is 12.9. The largest absolute Gasteiger partial charge is 0.462 e. The van der Waals surface area contributed by atoms with Crippen molar-refractivity contribution >= 4 is 17.9 Å². The SMILES string of the molecule is CCC/C=C\CCCCCCCC(=O)OCC(COC(=O)CCCCCCCCCCCCCCCCCCCCCCCCCCCCC)OC(=O)CCCCCCCC/C=C\C/C=C\C/C=C\CCCCC. The highest BCUT2D eigenvalue weighted by Gasteiger charge is 2.19. The summed E-state index contributed by atoms with van der Waals surface area (Å²) in [6.07, 6.45) is 78.5. The van der Waals surface area contributed by atoms with E-state index >= 15 is 0 Å². The minimum absolute atomic E-state index is 0.0780. The van der Waals surface area contributed by atoms with E-state index in [-0.39, 0.29) is 31.1 Å². The lowest BCUT2D eigenvalue weighted by Gasteiger charge is -2.18. The summed E-state index contributed by atoms with van der Waals surface area (Å²) in [5, 5.41) is 0. The number of allylic oxidation sites excluding steroid dienone is 8. The molecule has 0 rings (SSSR count). The van der Waals surface area contributed by atoms with Gasteiger partial charge in [-0.05, 0) is 77.0 Å². The molecule has 0 aromatic heterocycles. The maximum atomic E-state index is 12.9. The maximum Gasteiger partial charge on any atom is 0.306 e. The van der Waals surface area contributed by atoms with E-state index < -0.39 is 6.10 Å². The number of esters is 3. The second-order valence-electron chi connectivity index (χ2n) is 22.0. The fourth-order valence-corrected chi connectivity index (χ4v) is 9.63. The molecule has 432 valence electrons. The molecule has 0 fully saturated rings. The van der Waals surface area contributed by atoms with Crippen molar-refractivity contribution in [3.8, 4) is 0 Å². The molecule has 0 heterocycles. The molecule has 0 bridgehead atoms. The number of unbranched alkanes of at least 4 members (excludes halogenated alkanes) is 41. The van der Waals surface area contributed by atoms with Gasteiger partial charge in [-0.15, -0.1) is 0 Å². The van der Waals surface area contributed by atoms with Gasteiger partial charge in [-0.25, -0.2) is 0 Å². The van der Waals surface area contributed by atoms with E-state index in [2.05, 4.69) is 69.4 Å². The molecule has 6 nitrogen and oxygen atoms in total. The summed E-state index contributed by atoms with van der Waals surface area (Å²) in [6.45, 7) is 6.58. The molecule has 0 aromatic carbocycles. The summed E-state index contributed by atoms with van der Waals surface area (Å²) < 4.78 is 16.9. The predicted molar refractivity (Wildman–Crippen MR) is 321 cm³/mol. The van der Waals surface area contributed by atoms with Gasteiger partial charge in [-0.3, -0.25) is 14.4 Å². The van der Waals surface area contributed by atoms with Gasteiger partial charge in [0.15, 0.2) is 6.10 Å². The van der Waals surface area contributed by atoms with Crippen molar-refractivity contribution in [2.45, 2.75) is 354 Å². The fraction of sp³-hybridized carbons (Fsp3) is 0.838. The van der Waals surface area contributed by atoms with Crippen molar-refractivity contribution in [3.63, 3.8) is 0 Å². The Kier molecular flexibility index (Phi) is 60.7. The van der Waals surface area contributed by atoms with Crippen molar-refractivity contribution in [1.82, 2.24) is 0 Å². The first-order chi connectivity index (χ1) is 36.5. The Balaban J connectivity index is 4.17. The summed E-state index contributed by atoms with van der Waals surface area (Å²) in [5.74, 6) is -0.884. The highest BCUT2D eigenvalue weighted by Crippen LogP contribution is 2.18. The Morgan fingerprint density at radius 1 is 0.270 bits per heavy atom. The van der Waals surface area contributed by atoms with Crippen LogP contribution >= 0.6 is 0 Å². The highest BCUT2D eigenvalue weighted by molar-refractivity contribution is 5.71. The first kappa shape index (κ1) is 71.4. The van der Waals surface area contributed by atoms with Gasteiger partial charge in [0.2, 0.25) is 0 Å². The van der Waals surface area contributed by atoms with Crippen molar-refractivity contribution in [2.24, 2.45) is 0 Å². The van der Waals surface area contributed by atoms with Crippen LogP contribution in [-0.4, -0.2) is 37.2 Å². The van der Waals surface area contributed by atoms with Crippen LogP contribution in [0.5, 0.6) is 0 Å². The number of carbonyl (C=O) groups is 3. The first-order valence-corrected chi connectivity index (χ1v) is 32.6. The van der Waals surface area contributed by atoms with E-state index in [1.54, 1.807) is 0 Å². The van der Waals surface area contributed by atoms with Gasteiger partial charge >= 0.3 is 17.9 Å². The van der Waals surface area contributed by atoms with Crippen LogP contribution in [0.15, 0.2) is 48.6 Å². The standard InChI is InChI=1S/C68H124O6/c1-4-7-10-13-16-19-22-24-26-28-30-31-32-33-34-35-36-37-39-40-42-44-46-49-52-55-58-61-67(70)73-64-65(63-72-66(69)60-57-54-51-48-21-18-15-12-9-6-3)74-68(71)62-59-56-53-50-47-45-43-41-38-29-27-25-23-20-17-14-11-8-5-2/h12,15,17,20,25,27,38,41,65H,4-11,13-14,16,18-19,21-24,26,28-37,39-40,42-64H2,1-3H3/b15-12-,20-17-,27-25-,41-38-. The summed E-state index contributed by atoms with van der Waals surface area (Å²) in [4.78, 5) is 38.2. The molecule has 6 heteroatoms. The van der Waals surface area contributed by atoms with E-state index in [0.717, 1.165) is 96.3 Å². The van der Waals surface area contributed by atoms with E-state index in [4.69, 9.17) is 14.2 Å². The zero-order valence-electron chi connectivity index (χ0n) is 49.6. The van der Waals surface area contributed by atoms with Crippen LogP contribution in [0.3, 0.4) is 0 Å². The van der Waals surface area contributed by atoms with E-state index in [9.17, 15) is 14.4 Å². The summed E-state index contributed by atoms with van der Waals surface area (Å²) in [5.41, 5.74) is 0. The van der Waals surface area contributed by atoms with Crippen molar-refractivity contribution < 1.29 is 28.6 Å². The van der Waals surface area contributed by atoms with Gasteiger partial charge in [0.05, 0.1) is 0 Å². The van der Waals surface area contributed by atoms with Crippen LogP contribution in [0.25, 0.3) is 0 Å². The van der Waals surface area contributed by atoms with Gasteiger partial charge in [-0.2, -0.15) is 0 Å². The van der Waals surface area contributed by atoms with Crippen molar-refractivity contribution in [2.75, 3.05) is 13.2 Å². The molecule has 0 spiro atoms. The summed E-state index contributed by atoms with van der Waals surface area (Å²) >= 11 is 0. The molecule has 0 N–H and O–H groups in total. The molecule has 0 amide bonds. The lowest BCUT2D eigenvalue weighted by atomic mass is 10.0. The minimum Gasteiger partial charge on any atom is -0.462 e. The molecule has 0 radical (unpaired) electrons. The highest BCUT2D eigenvalue weighted by atomic mass is 16.6. The van der Waals surface area contributed by atoms with Crippen molar-refractivity contribution in [3.05, 3.63) is 48.6 Å². The zero-order valence-corrected chi connectivity index (χ0v) is 49.6. The third-order valence-corrected chi connectivity index (χ3v) is 14.5. The number of hydrogen-bond donors (Lipinski definition) is 0. The Morgan fingerprint density at radius 2 is 0.514 bits per heavy atom. The van der Waals surface area contributed by atoms with Crippen LogP contribution in [-0.2, 0) is 28.6 Å². The van der Waals surface area contributed by atoms with Crippen LogP contribution in [0.4, 0.5) is 0 Å². The van der Waals surface area contributed by atoms with Crippen LogP contribution in [0.1, 0.15) is 348 Å². The van der Waals surface area contributed by atoms with Crippen LogP contribution in [0.2, 0.25) is 0 Å². The molecular formula is C68H124O6. The average Bonchev–Trinajstić information content (AvgIpc) is 3.40. The summed E-state index contributed by atoms with van der Waals surface area (Å²) in [7, 11) is 0. The first-order valence-electron chi connectivity index (χ1n) is 32.6. The average molecular weight is 1040 g/mol. The van der Waals surface area contributed by atoms with Crippen molar-refractivity contribution in [1.29, 1.82) is 0 Å².